The van der Waals surface area contributed by atoms with Crippen molar-refractivity contribution in [3.05, 3.63) is 36.6 Å². The molecule has 0 unspecified atom stereocenters. The molecule has 0 N–H and O–H groups in total. The molecule has 12 heavy (non-hydrogen) atoms. The molecule has 2 rings (SSSR count). The molecule has 60 valence electrons. The maximum Gasteiger partial charge on any atom is 0.560 e. The number of para-hydroxylation sites is 1. The Morgan fingerprint density at radius 1 is 1.08 bits per heavy atom. The zero-order valence-corrected chi connectivity index (χ0v) is 10.9. The van der Waals surface area contributed by atoms with Crippen molar-refractivity contribution >= 4 is 52.8 Å². The number of rotatable bonds is 0. The van der Waals surface area contributed by atoms with Crippen LogP contribution in [0.2, 0.25) is 0 Å². The summed E-state index contributed by atoms with van der Waals surface area (Å²) in [7, 11) is 0. The fraction of sp³-hybridized carbons (Fsp3) is 0. The van der Waals surface area contributed by atoms with Crippen molar-refractivity contribution < 1.29 is 4.42 Å². The van der Waals surface area contributed by atoms with Crippen molar-refractivity contribution in [3.8, 4) is 0 Å². The summed E-state index contributed by atoms with van der Waals surface area (Å²) in [5, 5.41) is 1.16. The second kappa shape index (κ2) is 6.02. The van der Waals surface area contributed by atoms with Crippen molar-refractivity contribution in [3.63, 3.8) is 0 Å². The smallest absolute Gasteiger partial charge is 0.464 e. The van der Waals surface area contributed by atoms with Crippen LogP contribution in [0.15, 0.2) is 41.0 Å². The number of furan rings is 1. The molecule has 0 fully saturated rings. The Hall–Kier alpha value is 0.486. The fourth-order valence-electron chi connectivity index (χ4n) is 0.906. The molecule has 0 aliphatic heterocycles. The first kappa shape index (κ1) is 10.6. The molecule has 0 saturated carbocycles. The standard InChI is InChI=1S/C8H6O.2BrH.Mg/c1-2-4-8-7(3-1)5-6-9-8;;;/h1-6H;2*1H;/q;;;+2/p-2. The van der Waals surface area contributed by atoms with Crippen molar-refractivity contribution in [2.75, 3.05) is 0 Å². The van der Waals surface area contributed by atoms with Gasteiger partial charge in [0, 0.05) is 5.39 Å². The molecule has 0 atom stereocenters. The third-order valence-electron chi connectivity index (χ3n) is 1.36. The summed E-state index contributed by atoms with van der Waals surface area (Å²) in [6.07, 6.45) is 1.70. The SMILES string of the molecule is [Br][Mg][Br].c1ccc2occc2c1. The fourth-order valence-corrected chi connectivity index (χ4v) is 0.906. The van der Waals surface area contributed by atoms with E-state index in [2.05, 4.69) is 25.8 Å². The highest BCUT2D eigenvalue weighted by Gasteiger charge is 1.89. The lowest BCUT2D eigenvalue weighted by atomic mass is 10.3. The molecular weight excluding hydrogens is 296 g/mol. The second-order valence-electron chi connectivity index (χ2n) is 2.06. The summed E-state index contributed by atoms with van der Waals surface area (Å²) >= 11 is 6.44. The first-order valence-corrected chi connectivity index (χ1v) is 11.2. The molecule has 0 aliphatic carbocycles. The van der Waals surface area contributed by atoms with Crippen LogP contribution < -0.4 is 0 Å². The monoisotopic (exact) mass is 300 g/mol. The average molecular weight is 302 g/mol. The van der Waals surface area contributed by atoms with Crippen LogP contribution in [0.4, 0.5) is 0 Å². The van der Waals surface area contributed by atoms with E-state index >= 15 is 0 Å². The van der Waals surface area contributed by atoms with E-state index in [4.69, 9.17) is 4.42 Å². The van der Waals surface area contributed by atoms with Crippen molar-refractivity contribution in [2.45, 2.75) is 0 Å². The van der Waals surface area contributed by atoms with E-state index in [-0.39, 0.29) is 16.0 Å². The highest BCUT2D eigenvalue weighted by atomic mass is 79.9. The van der Waals surface area contributed by atoms with Gasteiger partial charge < -0.3 is 4.42 Å². The number of halogens is 2. The van der Waals surface area contributed by atoms with Gasteiger partial charge in [0.25, 0.3) is 0 Å². The van der Waals surface area contributed by atoms with Gasteiger partial charge >= 0.3 is 16.0 Å². The van der Waals surface area contributed by atoms with Gasteiger partial charge in [-0.05, 0) is 12.1 Å². The average Bonchev–Trinajstić information content (AvgIpc) is 2.52. The van der Waals surface area contributed by atoms with E-state index in [1.54, 1.807) is 6.26 Å². The minimum atomic E-state index is 0.0417. The Kier molecular flexibility index (Phi) is 5.30. The Morgan fingerprint density at radius 2 is 1.75 bits per heavy atom. The number of benzene rings is 1. The predicted molar refractivity (Wildman–Crippen MR) is 59.8 cm³/mol. The van der Waals surface area contributed by atoms with E-state index in [9.17, 15) is 0 Å². The summed E-state index contributed by atoms with van der Waals surface area (Å²) < 4.78 is 5.12. The van der Waals surface area contributed by atoms with Crippen LogP contribution in [0.3, 0.4) is 0 Å². The molecule has 2 aromatic rings. The van der Waals surface area contributed by atoms with Gasteiger partial charge in [0.2, 0.25) is 0 Å². The number of hydrogen-bond donors (Lipinski definition) is 0. The minimum absolute atomic E-state index is 0.0417. The number of fused-ring (bicyclic) bond motifs is 1. The summed E-state index contributed by atoms with van der Waals surface area (Å²) in [5.74, 6) is 0. The second-order valence-corrected chi connectivity index (χ2v) is 10.1. The highest BCUT2D eigenvalue weighted by molar-refractivity contribution is 9.47. The largest absolute Gasteiger partial charge is 0.560 e. The maximum atomic E-state index is 5.12. The maximum absolute atomic E-state index is 5.12. The Balaban J connectivity index is 0.000000213. The molecule has 0 aliphatic rings. The van der Waals surface area contributed by atoms with E-state index in [0.29, 0.717) is 0 Å². The minimum Gasteiger partial charge on any atom is -0.464 e. The van der Waals surface area contributed by atoms with Crippen LogP contribution in [0, 0.1) is 0 Å². The van der Waals surface area contributed by atoms with Gasteiger partial charge in [-0.25, -0.2) is 0 Å². The first-order valence-electron chi connectivity index (χ1n) is 3.42. The van der Waals surface area contributed by atoms with Crippen LogP contribution in [-0.4, -0.2) is 16.0 Å². The number of hydrogen-bond acceptors (Lipinski definition) is 1. The molecule has 0 bridgehead atoms. The van der Waals surface area contributed by atoms with E-state index in [1.807, 2.05) is 30.3 Å². The third-order valence-corrected chi connectivity index (χ3v) is 1.36. The molecule has 1 heterocycles. The van der Waals surface area contributed by atoms with Crippen molar-refractivity contribution in [1.29, 1.82) is 0 Å². The molecule has 0 saturated heterocycles. The van der Waals surface area contributed by atoms with E-state index < -0.39 is 0 Å². The van der Waals surface area contributed by atoms with Crippen molar-refractivity contribution in [1.82, 2.24) is 0 Å². The topological polar surface area (TPSA) is 13.1 Å². The highest BCUT2D eigenvalue weighted by Crippen LogP contribution is 2.12. The van der Waals surface area contributed by atoms with E-state index in [1.165, 1.54) is 0 Å². The summed E-state index contributed by atoms with van der Waals surface area (Å²) in [4.78, 5) is 0. The summed E-state index contributed by atoms with van der Waals surface area (Å²) in [5.41, 5.74) is 0.956. The molecule has 1 nitrogen and oxygen atoms in total. The third kappa shape index (κ3) is 3.09. The summed E-state index contributed by atoms with van der Waals surface area (Å²) in [6, 6.07) is 9.90. The molecule has 0 amide bonds. The zero-order chi connectivity index (χ0) is 8.81. The van der Waals surface area contributed by atoms with Gasteiger partial charge in [-0.15, -0.1) is 0 Å². The van der Waals surface area contributed by atoms with Crippen LogP contribution >= 0.6 is 25.8 Å². The van der Waals surface area contributed by atoms with Crippen LogP contribution in [0.25, 0.3) is 11.0 Å². The predicted octanol–water partition coefficient (Wildman–Crippen LogP) is 3.74. The molecule has 0 spiro atoms. The molecule has 0 radical (unpaired) electrons. The zero-order valence-electron chi connectivity index (χ0n) is 6.34. The summed E-state index contributed by atoms with van der Waals surface area (Å²) in [6.45, 7) is 0. The Labute approximate surface area is 93.0 Å². The lowest BCUT2D eigenvalue weighted by Crippen LogP contribution is -1.57. The van der Waals surface area contributed by atoms with Gasteiger partial charge in [0.15, 0.2) is 0 Å². The van der Waals surface area contributed by atoms with Gasteiger partial charge in [-0.1, -0.05) is 18.2 Å². The Bertz CT molecular complexity index is 304. The van der Waals surface area contributed by atoms with Gasteiger partial charge in [-0.3, -0.25) is 25.8 Å². The van der Waals surface area contributed by atoms with Gasteiger partial charge in [0.1, 0.15) is 5.58 Å². The lowest BCUT2D eigenvalue weighted by molar-refractivity contribution is 0.616. The molecule has 4 heteroatoms. The van der Waals surface area contributed by atoms with Gasteiger partial charge in [-0.2, -0.15) is 0 Å². The van der Waals surface area contributed by atoms with Crippen LogP contribution in [-0.2, 0) is 0 Å². The normalized spacial score (nSPS) is 8.50. The van der Waals surface area contributed by atoms with Crippen LogP contribution in [0.1, 0.15) is 0 Å². The molecule has 1 aromatic carbocycles. The quantitative estimate of drug-likeness (QED) is 0.676. The Morgan fingerprint density at radius 3 is 2.42 bits per heavy atom. The van der Waals surface area contributed by atoms with Gasteiger partial charge in [0.05, 0.1) is 6.26 Å². The van der Waals surface area contributed by atoms with Crippen molar-refractivity contribution in [2.24, 2.45) is 0 Å². The first-order chi connectivity index (χ1) is 5.88. The molecule has 1 aromatic heterocycles. The lowest BCUT2D eigenvalue weighted by Gasteiger charge is -1.81. The van der Waals surface area contributed by atoms with Crippen LogP contribution in [0.5, 0.6) is 0 Å². The van der Waals surface area contributed by atoms with E-state index in [0.717, 1.165) is 11.0 Å². The molecular formula is C8H6Br2MgO.